The Hall–Kier alpha value is -1.83. The van der Waals surface area contributed by atoms with Crippen LogP contribution in [0.15, 0.2) is 5.38 Å². The van der Waals surface area contributed by atoms with E-state index < -0.39 is 6.09 Å². The third-order valence-electron chi connectivity index (χ3n) is 1.55. The summed E-state index contributed by atoms with van der Waals surface area (Å²) in [5.74, 6) is -0.168. The van der Waals surface area contributed by atoms with Crippen molar-refractivity contribution in [1.82, 2.24) is 10.3 Å². The Morgan fingerprint density at radius 3 is 3.00 bits per heavy atom. The van der Waals surface area contributed by atoms with Gasteiger partial charge in [-0.1, -0.05) is 0 Å². The van der Waals surface area contributed by atoms with Crippen molar-refractivity contribution in [3.8, 4) is 0 Å². The lowest BCUT2D eigenvalue weighted by Gasteiger charge is -2.08. The van der Waals surface area contributed by atoms with Gasteiger partial charge in [-0.25, -0.2) is 9.78 Å². The molecule has 0 aliphatic heterocycles. The van der Waals surface area contributed by atoms with Crippen LogP contribution < -0.4 is 16.4 Å². The number of aromatic nitrogens is 1. The van der Waals surface area contributed by atoms with Gasteiger partial charge < -0.3 is 21.1 Å². The van der Waals surface area contributed by atoms with Gasteiger partial charge in [-0.05, 0) is 13.8 Å². The quantitative estimate of drug-likeness (QED) is 0.476. The van der Waals surface area contributed by atoms with Gasteiger partial charge in [0.1, 0.15) is 0 Å². The van der Waals surface area contributed by atoms with Gasteiger partial charge in [0.2, 0.25) is 0 Å². The van der Waals surface area contributed by atoms with Crippen molar-refractivity contribution in [3.05, 3.63) is 11.1 Å². The minimum absolute atomic E-state index is 0.152. The molecule has 0 unspecified atom stereocenters. The van der Waals surface area contributed by atoms with Crippen LogP contribution in [0.2, 0.25) is 0 Å². The van der Waals surface area contributed by atoms with Crippen LogP contribution in [0.4, 0.5) is 9.93 Å². The van der Waals surface area contributed by atoms with Crippen molar-refractivity contribution in [2.24, 2.45) is 5.73 Å². The molecule has 1 heterocycles. The summed E-state index contributed by atoms with van der Waals surface area (Å²) in [6.45, 7) is 3.83. The van der Waals surface area contributed by atoms with Crippen LogP contribution in [-0.2, 0) is 11.3 Å². The van der Waals surface area contributed by atoms with Gasteiger partial charge in [0.15, 0.2) is 11.1 Å². The average molecular weight is 257 g/mol. The van der Waals surface area contributed by atoms with Crippen LogP contribution in [0.25, 0.3) is 0 Å². The number of guanidine groups is 1. The number of nitrogens with one attached hydrogen (secondary N) is 3. The first-order valence-corrected chi connectivity index (χ1v) is 5.85. The smallest absolute Gasteiger partial charge is 0.407 e. The lowest BCUT2D eigenvalue weighted by atomic mass is 10.5. The second-order valence-electron chi connectivity index (χ2n) is 3.49. The summed E-state index contributed by atoms with van der Waals surface area (Å²) in [5.41, 5.74) is 5.84. The molecule has 17 heavy (non-hydrogen) atoms. The highest BCUT2D eigenvalue weighted by Gasteiger charge is 2.07. The zero-order valence-corrected chi connectivity index (χ0v) is 10.4. The molecule has 0 saturated heterocycles. The third kappa shape index (κ3) is 5.16. The number of ether oxygens (including phenoxy) is 1. The Morgan fingerprint density at radius 2 is 2.41 bits per heavy atom. The molecule has 1 aromatic heterocycles. The van der Waals surface area contributed by atoms with Crippen molar-refractivity contribution in [2.45, 2.75) is 26.5 Å². The Kier molecular flexibility index (Phi) is 4.70. The Labute approximate surface area is 103 Å². The normalized spacial score (nSPS) is 10.1. The number of anilines is 1. The molecule has 0 bridgehead atoms. The summed E-state index contributed by atoms with van der Waals surface area (Å²) in [5, 5.41) is 14.5. The van der Waals surface area contributed by atoms with E-state index in [2.05, 4.69) is 15.6 Å². The molecule has 0 fully saturated rings. The molecule has 0 aromatic carbocycles. The Morgan fingerprint density at radius 1 is 1.71 bits per heavy atom. The molecule has 7 nitrogen and oxygen atoms in total. The van der Waals surface area contributed by atoms with Crippen LogP contribution in [0.5, 0.6) is 0 Å². The minimum Gasteiger partial charge on any atom is -0.447 e. The van der Waals surface area contributed by atoms with Crippen molar-refractivity contribution >= 4 is 28.5 Å². The van der Waals surface area contributed by atoms with Crippen LogP contribution in [0.3, 0.4) is 0 Å². The molecular weight excluding hydrogens is 242 g/mol. The highest BCUT2D eigenvalue weighted by atomic mass is 32.1. The van der Waals surface area contributed by atoms with E-state index in [0.717, 1.165) is 0 Å². The van der Waals surface area contributed by atoms with Gasteiger partial charge >= 0.3 is 6.09 Å². The number of amides is 1. The number of nitrogens with two attached hydrogens (primary N) is 1. The van der Waals surface area contributed by atoms with E-state index in [4.69, 9.17) is 15.9 Å². The van der Waals surface area contributed by atoms with Gasteiger partial charge in [0.25, 0.3) is 0 Å². The molecule has 8 heteroatoms. The fourth-order valence-corrected chi connectivity index (χ4v) is 1.70. The minimum atomic E-state index is -0.478. The molecule has 94 valence electrons. The zero-order chi connectivity index (χ0) is 12.8. The van der Waals surface area contributed by atoms with E-state index in [1.807, 2.05) is 0 Å². The number of rotatable bonds is 4. The molecule has 1 amide bonds. The molecular formula is C9H15N5O2S. The van der Waals surface area contributed by atoms with E-state index >= 15 is 0 Å². The van der Waals surface area contributed by atoms with Gasteiger partial charge in [-0.15, -0.1) is 11.3 Å². The fourth-order valence-electron chi connectivity index (χ4n) is 0.979. The predicted octanol–water partition coefficient (Wildman–Crippen LogP) is 1.08. The summed E-state index contributed by atoms with van der Waals surface area (Å²) in [7, 11) is 0. The topological polar surface area (TPSA) is 113 Å². The van der Waals surface area contributed by atoms with E-state index in [1.165, 1.54) is 11.3 Å². The number of hydrogen-bond acceptors (Lipinski definition) is 5. The van der Waals surface area contributed by atoms with E-state index in [9.17, 15) is 4.79 Å². The summed E-state index contributed by atoms with van der Waals surface area (Å²) in [4.78, 5) is 15.3. The lowest BCUT2D eigenvalue weighted by molar-refractivity contribution is 0.115. The molecule has 0 aliphatic rings. The van der Waals surface area contributed by atoms with Crippen molar-refractivity contribution in [3.63, 3.8) is 0 Å². The van der Waals surface area contributed by atoms with Crippen molar-refractivity contribution in [1.29, 1.82) is 5.41 Å². The SMILES string of the molecule is CC(C)OC(=O)NCc1csc(NC(=N)N)n1. The number of carbonyl (C=O) groups excluding carboxylic acids is 1. The van der Waals surface area contributed by atoms with E-state index in [0.29, 0.717) is 10.8 Å². The number of hydrogen-bond donors (Lipinski definition) is 4. The molecule has 0 radical (unpaired) electrons. The molecule has 0 saturated carbocycles. The van der Waals surface area contributed by atoms with E-state index in [1.54, 1.807) is 19.2 Å². The highest BCUT2D eigenvalue weighted by Crippen LogP contribution is 2.14. The van der Waals surface area contributed by atoms with Gasteiger partial charge in [0.05, 0.1) is 18.3 Å². The van der Waals surface area contributed by atoms with Gasteiger partial charge in [-0.2, -0.15) is 0 Å². The van der Waals surface area contributed by atoms with Crippen LogP contribution >= 0.6 is 11.3 Å². The number of nitrogens with zero attached hydrogens (tertiary/aromatic N) is 1. The largest absolute Gasteiger partial charge is 0.447 e. The monoisotopic (exact) mass is 257 g/mol. The molecule has 1 aromatic rings. The summed E-state index contributed by atoms with van der Waals surface area (Å²) < 4.78 is 4.90. The van der Waals surface area contributed by atoms with Crippen LogP contribution in [0, 0.1) is 5.41 Å². The summed E-state index contributed by atoms with van der Waals surface area (Å²) in [6.07, 6.45) is -0.630. The second kappa shape index (κ2) is 6.04. The maximum Gasteiger partial charge on any atom is 0.407 e. The van der Waals surface area contributed by atoms with Crippen molar-refractivity contribution < 1.29 is 9.53 Å². The average Bonchev–Trinajstić information content (AvgIpc) is 2.60. The van der Waals surface area contributed by atoms with Gasteiger partial charge in [0, 0.05) is 5.38 Å². The number of carbonyl (C=O) groups is 1. The van der Waals surface area contributed by atoms with E-state index in [-0.39, 0.29) is 18.6 Å². The Balaban J connectivity index is 2.39. The van der Waals surface area contributed by atoms with Crippen LogP contribution in [0.1, 0.15) is 19.5 Å². The van der Waals surface area contributed by atoms with Crippen LogP contribution in [-0.4, -0.2) is 23.1 Å². The summed E-state index contributed by atoms with van der Waals surface area (Å²) in [6, 6.07) is 0. The fraction of sp³-hybridized carbons (Fsp3) is 0.444. The standard InChI is InChI=1S/C9H15N5O2S/c1-5(2)16-9(15)12-3-6-4-17-8(13-6)14-7(10)11/h4-5H,3H2,1-2H3,(H,12,15)(H4,10,11,13,14). The van der Waals surface area contributed by atoms with Crippen molar-refractivity contribution in [2.75, 3.05) is 5.32 Å². The first-order chi connectivity index (χ1) is 7.97. The molecule has 1 rings (SSSR count). The molecule has 0 atom stereocenters. The number of alkyl carbamates (subject to hydrolysis) is 1. The first-order valence-electron chi connectivity index (χ1n) is 4.97. The zero-order valence-electron chi connectivity index (χ0n) is 9.61. The van der Waals surface area contributed by atoms with Gasteiger partial charge in [-0.3, -0.25) is 5.41 Å². The third-order valence-corrected chi connectivity index (χ3v) is 2.36. The highest BCUT2D eigenvalue weighted by molar-refractivity contribution is 7.13. The molecule has 5 N–H and O–H groups in total. The molecule has 0 spiro atoms. The lowest BCUT2D eigenvalue weighted by Crippen LogP contribution is -2.26. The number of thiazole rings is 1. The Bertz CT molecular complexity index is 404. The maximum atomic E-state index is 11.2. The maximum absolute atomic E-state index is 11.2. The first kappa shape index (κ1) is 13.2. The molecule has 0 aliphatic carbocycles. The second-order valence-corrected chi connectivity index (χ2v) is 4.35. The summed E-state index contributed by atoms with van der Waals surface area (Å²) >= 11 is 1.31. The predicted molar refractivity (Wildman–Crippen MR) is 66.1 cm³/mol.